The summed E-state index contributed by atoms with van der Waals surface area (Å²) in [4.78, 5) is 18.0. The zero-order chi connectivity index (χ0) is 17.2. The van der Waals surface area contributed by atoms with E-state index in [0.29, 0.717) is 6.54 Å². The minimum Gasteiger partial charge on any atom is -0.344 e. The molecule has 4 nitrogen and oxygen atoms in total. The smallest absolute Gasteiger partial charge is 0.262 e. The van der Waals surface area contributed by atoms with Gasteiger partial charge < -0.3 is 9.88 Å². The first-order chi connectivity index (χ1) is 12.2. The van der Waals surface area contributed by atoms with Crippen molar-refractivity contribution in [1.82, 2.24) is 14.9 Å². The van der Waals surface area contributed by atoms with Crippen molar-refractivity contribution in [2.45, 2.75) is 6.54 Å². The quantitative estimate of drug-likeness (QED) is 0.600. The van der Waals surface area contributed by atoms with Crippen molar-refractivity contribution in [3.8, 4) is 11.1 Å². The summed E-state index contributed by atoms with van der Waals surface area (Å²) in [5.74, 6) is 0.772. The largest absolute Gasteiger partial charge is 0.344 e. The predicted molar refractivity (Wildman–Crippen MR) is 102 cm³/mol. The van der Waals surface area contributed by atoms with E-state index < -0.39 is 0 Å². The Bertz CT molecular complexity index is 1030. The summed E-state index contributed by atoms with van der Waals surface area (Å²) in [5.41, 5.74) is 4.02. The zero-order valence-electron chi connectivity index (χ0n) is 13.8. The summed E-state index contributed by atoms with van der Waals surface area (Å²) in [6.45, 7) is 0.399. The summed E-state index contributed by atoms with van der Waals surface area (Å²) >= 11 is 1.46. The van der Waals surface area contributed by atoms with Crippen molar-refractivity contribution in [3.05, 3.63) is 76.7 Å². The molecular weight excluding hydrogens is 330 g/mol. The van der Waals surface area contributed by atoms with Crippen LogP contribution in [0.5, 0.6) is 0 Å². The molecule has 0 bridgehead atoms. The number of fused-ring (bicyclic) bond motifs is 1. The second-order valence-corrected chi connectivity index (χ2v) is 6.70. The van der Waals surface area contributed by atoms with Crippen LogP contribution in [0.1, 0.15) is 15.5 Å². The minimum atomic E-state index is -0.0686. The Labute approximate surface area is 149 Å². The molecule has 4 rings (SSSR count). The van der Waals surface area contributed by atoms with E-state index >= 15 is 0 Å². The van der Waals surface area contributed by atoms with Crippen molar-refractivity contribution in [2.75, 3.05) is 0 Å². The summed E-state index contributed by atoms with van der Waals surface area (Å²) in [6, 6.07) is 19.9. The molecule has 0 aliphatic heterocycles. The van der Waals surface area contributed by atoms with Gasteiger partial charge in [0.15, 0.2) is 0 Å². The maximum absolute atomic E-state index is 12.7. The molecule has 2 heterocycles. The Hall–Kier alpha value is -2.92. The van der Waals surface area contributed by atoms with E-state index in [0.717, 1.165) is 32.9 Å². The molecule has 0 saturated carbocycles. The molecule has 0 fully saturated rings. The number of para-hydroxylation sites is 2. The Balaban J connectivity index is 1.55. The molecule has 0 saturated heterocycles. The molecule has 2 aromatic carbocycles. The summed E-state index contributed by atoms with van der Waals surface area (Å²) < 4.78 is 2.02. The van der Waals surface area contributed by atoms with E-state index in [-0.39, 0.29) is 5.91 Å². The van der Waals surface area contributed by atoms with Crippen molar-refractivity contribution < 1.29 is 4.79 Å². The lowest BCUT2D eigenvalue weighted by Crippen LogP contribution is -2.24. The normalized spacial score (nSPS) is 10.9. The summed E-state index contributed by atoms with van der Waals surface area (Å²) in [7, 11) is 1.97. The predicted octanol–water partition coefficient (Wildman–Crippen LogP) is 4.23. The Morgan fingerprint density at radius 3 is 2.64 bits per heavy atom. The number of rotatable bonds is 4. The van der Waals surface area contributed by atoms with Gasteiger partial charge in [0.2, 0.25) is 0 Å². The highest BCUT2D eigenvalue weighted by atomic mass is 32.1. The van der Waals surface area contributed by atoms with Crippen LogP contribution < -0.4 is 5.32 Å². The van der Waals surface area contributed by atoms with Gasteiger partial charge in [0.25, 0.3) is 5.91 Å². The van der Waals surface area contributed by atoms with Crippen LogP contribution in [-0.4, -0.2) is 15.5 Å². The van der Waals surface area contributed by atoms with Crippen molar-refractivity contribution in [1.29, 1.82) is 0 Å². The van der Waals surface area contributed by atoms with Crippen LogP contribution in [0.2, 0.25) is 0 Å². The number of amides is 1. The lowest BCUT2D eigenvalue weighted by atomic mass is 10.1. The van der Waals surface area contributed by atoms with E-state index in [1.807, 2.05) is 77.7 Å². The Kier molecular flexibility index (Phi) is 4.07. The maximum atomic E-state index is 12.7. The van der Waals surface area contributed by atoms with E-state index in [1.54, 1.807) is 0 Å². The SMILES string of the molecule is Cn1c(CNC(=O)c2sccc2-c2ccccc2)nc2ccccc21. The number of nitrogens with one attached hydrogen (secondary N) is 1. The van der Waals surface area contributed by atoms with Crippen LogP contribution in [0, 0.1) is 0 Å². The lowest BCUT2D eigenvalue weighted by Gasteiger charge is -2.07. The van der Waals surface area contributed by atoms with Gasteiger partial charge in [-0.1, -0.05) is 42.5 Å². The van der Waals surface area contributed by atoms with Gasteiger partial charge in [-0.25, -0.2) is 4.98 Å². The maximum Gasteiger partial charge on any atom is 0.262 e. The first-order valence-electron chi connectivity index (χ1n) is 8.05. The lowest BCUT2D eigenvalue weighted by molar-refractivity contribution is 0.0954. The van der Waals surface area contributed by atoms with Gasteiger partial charge in [0.05, 0.1) is 22.5 Å². The fourth-order valence-electron chi connectivity index (χ4n) is 2.92. The van der Waals surface area contributed by atoms with E-state index in [2.05, 4.69) is 10.3 Å². The molecule has 4 aromatic rings. The van der Waals surface area contributed by atoms with Crippen LogP contribution >= 0.6 is 11.3 Å². The number of aromatic nitrogens is 2. The zero-order valence-corrected chi connectivity index (χ0v) is 14.6. The van der Waals surface area contributed by atoms with Crippen molar-refractivity contribution in [3.63, 3.8) is 0 Å². The van der Waals surface area contributed by atoms with Gasteiger partial charge in [0, 0.05) is 12.6 Å². The molecule has 124 valence electrons. The van der Waals surface area contributed by atoms with Crippen LogP contribution in [0.4, 0.5) is 0 Å². The highest BCUT2D eigenvalue weighted by Gasteiger charge is 2.15. The number of nitrogens with zero attached hydrogens (tertiary/aromatic N) is 2. The number of hydrogen-bond acceptors (Lipinski definition) is 3. The summed E-state index contributed by atoms with van der Waals surface area (Å²) in [6.07, 6.45) is 0. The Morgan fingerprint density at radius 2 is 1.84 bits per heavy atom. The number of imidazole rings is 1. The van der Waals surface area contributed by atoms with Crippen molar-refractivity contribution in [2.24, 2.45) is 7.05 Å². The third-order valence-electron chi connectivity index (χ3n) is 4.24. The van der Waals surface area contributed by atoms with E-state index in [4.69, 9.17) is 0 Å². The molecule has 0 aliphatic rings. The fourth-order valence-corrected chi connectivity index (χ4v) is 3.76. The highest BCUT2D eigenvalue weighted by Crippen LogP contribution is 2.28. The number of hydrogen-bond donors (Lipinski definition) is 1. The van der Waals surface area contributed by atoms with E-state index in [9.17, 15) is 4.79 Å². The molecule has 5 heteroatoms. The summed E-state index contributed by atoms with van der Waals surface area (Å²) in [5, 5.41) is 4.95. The molecule has 0 spiro atoms. The standard InChI is InChI=1S/C20H17N3OS/c1-23-17-10-6-5-9-16(17)22-18(23)13-21-20(24)19-15(11-12-25-19)14-7-3-2-4-8-14/h2-12H,13H2,1H3,(H,21,24). The Morgan fingerprint density at radius 1 is 1.08 bits per heavy atom. The fraction of sp³-hybridized carbons (Fsp3) is 0.100. The second kappa shape index (κ2) is 6.53. The van der Waals surface area contributed by atoms with Gasteiger partial charge in [-0.15, -0.1) is 11.3 Å². The van der Waals surface area contributed by atoms with Crippen LogP contribution in [0.15, 0.2) is 66.0 Å². The molecule has 2 aromatic heterocycles. The second-order valence-electron chi connectivity index (χ2n) is 5.79. The topological polar surface area (TPSA) is 46.9 Å². The monoisotopic (exact) mass is 347 g/mol. The van der Waals surface area contributed by atoms with Gasteiger partial charge >= 0.3 is 0 Å². The molecule has 0 unspecified atom stereocenters. The highest BCUT2D eigenvalue weighted by molar-refractivity contribution is 7.12. The van der Waals surface area contributed by atoms with Crippen LogP contribution in [-0.2, 0) is 13.6 Å². The van der Waals surface area contributed by atoms with Gasteiger partial charge in [-0.3, -0.25) is 4.79 Å². The molecule has 25 heavy (non-hydrogen) atoms. The average molecular weight is 347 g/mol. The molecule has 1 N–H and O–H groups in total. The number of aryl methyl sites for hydroxylation is 1. The molecule has 0 radical (unpaired) electrons. The first-order valence-corrected chi connectivity index (χ1v) is 8.93. The average Bonchev–Trinajstić information content (AvgIpc) is 3.26. The van der Waals surface area contributed by atoms with Gasteiger partial charge in [-0.05, 0) is 29.1 Å². The number of thiophene rings is 1. The van der Waals surface area contributed by atoms with Gasteiger partial charge in [0.1, 0.15) is 5.82 Å². The first kappa shape index (κ1) is 15.6. The molecule has 0 atom stereocenters. The number of benzene rings is 2. The molecule has 1 amide bonds. The minimum absolute atomic E-state index is 0.0686. The van der Waals surface area contributed by atoms with Gasteiger partial charge in [-0.2, -0.15) is 0 Å². The third-order valence-corrected chi connectivity index (χ3v) is 5.16. The molecule has 0 aliphatic carbocycles. The number of carbonyl (C=O) groups excluding carboxylic acids is 1. The van der Waals surface area contributed by atoms with Crippen LogP contribution in [0.25, 0.3) is 22.2 Å². The van der Waals surface area contributed by atoms with E-state index in [1.165, 1.54) is 11.3 Å². The van der Waals surface area contributed by atoms with Crippen molar-refractivity contribution >= 4 is 28.3 Å². The molecular formula is C20H17N3OS. The number of carbonyl (C=O) groups is 1. The van der Waals surface area contributed by atoms with Crippen LogP contribution in [0.3, 0.4) is 0 Å². The third kappa shape index (κ3) is 2.94.